The Bertz CT molecular complexity index is 634. The average molecular weight is 321 g/mol. The van der Waals surface area contributed by atoms with Crippen molar-refractivity contribution in [1.29, 1.82) is 0 Å². The van der Waals surface area contributed by atoms with Crippen LogP contribution in [0, 0.1) is 0 Å². The summed E-state index contributed by atoms with van der Waals surface area (Å²) in [6.07, 6.45) is 0. The number of thiophene rings is 1. The molecule has 7 heteroatoms. The fourth-order valence-electron chi connectivity index (χ4n) is 1.94. The maximum atomic E-state index is 12.4. The first-order chi connectivity index (χ1) is 10.5. The van der Waals surface area contributed by atoms with E-state index in [4.69, 9.17) is 4.52 Å². The van der Waals surface area contributed by atoms with Gasteiger partial charge in [0.05, 0.1) is 11.4 Å². The minimum Gasteiger partial charge on any atom is -0.355 e. The van der Waals surface area contributed by atoms with Gasteiger partial charge in [0.25, 0.3) is 5.91 Å². The number of nitrogens with zero attached hydrogens (tertiary/aromatic N) is 2. The maximum Gasteiger partial charge on any atom is 0.276 e. The Morgan fingerprint density at radius 3 is 2.82 bits per heavy atom. The lowest BCUT2D eigenvalue weighted by atomic mass is 10.3. The molecule has 2 aromatic rings. The Balaban J connectivity index is 2.07. The van der Waals surface area contributed by atoms with E-state index in [0.717, 1.165) is 4.88 Å². The van der Waals surface area contributed by atoms with Gasteiger partial charge in [0, 0.05) is 18.7 Å². The fourth-order valence-corrected chi connectivity index (χ4v) is 2.61. The molecule has 2 amide bonds. The highest BCUT2D eigenvalue weighted by Crippen LogP contribution is 2.25. The van der Waals surface area contributed by atoms with Gasteiger partial charge in [0.15, 0.2) is 11.5 Å². The highest BCUT2D eigenvalue weighted by Gasteiger charge is 2.21. The van der Waals surface area contributed by atoms with Crippen LogP contribution >= 0.6 is 11.3 Å². The zero-order valence-corrected chi connectivity index (χ0v) is 13.6. The first-order valence-corrected chi connectivity index (χ1v) is 7.98. The minimum atomic E-state index is -0.312. The summed E-state index contributed by atoms with van der Waals surface area (Å²) in [6.45, 7) is 6.00. The van der Waals surface area contributed by atoms with E-state index in [2.05, 4.69) is 10.5 Å². The highest BCUT2D eigenvalue weighted by molar-refractivity contribution is 7.13. The Morgan fingerprint density at radius 2 is 2.23 bits per heavy atom. The third kappa shape index (κ3) is 3.94. The van der Waals surface area contributed by atoms with E-state index in [1.165, 1.54) is 16.2 Å². The van der Waals surface area contributed by atoms with Crippen LogP contribution in [-0.4, -0.2) is 41.0 Å². The first kappa shape index (κ1) is 16.2. The summed E-state index contributed by atoms with van der Waals surface area (Å²) in [6, 6.07) is 5.45. The molecule has 2 rings (SSSR count). The molecule has 0 bridgehead atoms. The van der Waals surface area contributed by atoms with Crippen LogP contribution in [0.2, 0.25) is 0 Å². The largest absolute Gasteiger partial charge is 0.355 e. The Kier molecular flexibility index (Phi) is 5.32. The van der Waals surface area contributed by atoms with Crippen molar-refractivity contribution in [3.63, 3.8) is 0 Å². The van der Waals surface area contributed by atoms with Gasteiger partial charge in [0.1, 0.15) is 0 Å². The van der Waals surface area contributed by atoms with Crippen molar-refractivity contribution >= 4 is 23.2 Å². The first-order valence-electron chi connectivity index (χ1n) is 7.10. The summed E-state index contributed by atoms with van der Waals surface area (Å²) in [5.41, 5.74) is 0.211. The summed E-state index contributed by atoms with van der Waals surface area (Å²) in [5, 5.41) is 8.51. The van der Waals surface area contributed by atoms with E-state index in [1.54, 1.807) is 6.07 Å². The Labute approximate surface area is 133 Å². The van der Waals surface area contributed by atoms with Gasteiger partial charge in [-0.3, -0.25) is 9.59 Å². The second kappa shape index (κ2) is 7.22. The molecule has 22 heavy (non-hydrogen) atoms. The van der Waals surface area contributed by atoms with Gasteiger partial charge in [0.2, 0.25) is 5.91 Å². The van der Waals surface area contributed by atoms with Crippen molar-refractivity contribution in [2.45, 2.75) is 26.8 Å². The molecule has 0 aliphatic carbocycles. The number of nitrogens with one attached hydrogen (secondary N) is 1. The standard InChI is InChI=1S/C15H19N3O3S/c1-4-18(9-14(19)16-10(2)3)15(20)11-8-12(21-17-11)13-6-5-7-22-13/h5-8,10H,4,9H2,1-3H3,(H,16,19). The number of rotatable bonds is 6. The fraction of sp³-hybridized carbons (Fsp3) is 0.400. The molecule has 0 unspecified atom stereocenters. The van der Waals surface area contributed by atoms with E-state index in [9.17, 15) is 9.59 Å². The second-order valence-electron chi connectivity index (χ2n) is 5.10. The third-order valence-corrected chi connectivity index (χ3v) is 3.83. The van der Waals surface area contributed by atoms with E-state index in [-0.39, 0.29) is 30.1 Å². The molecule has 0 saturated heterocycles. The number of amides is 2. The normalized spacial score (nSPS) is 10.7. The van der Waals surface area contributed by atoms with Crippen molar-refractivity contribution in [2.24, 2.45) is 0 Å². The summed E-state index contributed by atoms with van der Waals surface area (Å²) >= 11 is 1.51. The molecule has 0 aromatic carbocycles. The van der Waals surface area contributed by atoms with Gasteiger partial charge in [-0.05, 0) is 32.2 Å². The predicted molar refractivity (Wildman–Crippen MR) is 84.7 cm³/mol. The average Bonchev–Trinajstić information content (AvgIpc) is 3.13. The number of likely N-dealkylation sites (N-methyl/N-ethyl adjacent to an activating group) is 1. The number of aromatic nitrogens is 1. The van der Waals surface area contributed by atoms with Gasteiger partial charge in [-0.15, -0.1) is 11.3 Å². The summed E-state index contributed by atoms with van der Waals surface area (Å²) < 4.78 is 5.21. The van der Waals surface area contributed by atoms with E-state index in [1.807, 2.05) is 38.3 Å². The Hall–Kier alpha value is -2.15. The number of hydrogen-bond donors (Lipinski definition) is 1. The smallest absolute Gasteiger partial charge is 0.276 e. The van der Waals surface area contributed by atoms with Crippen LogP contribution in [0.25, 0.3) is 10.6 Å². The molecule has 2 aromatic heterocycles. The predicted octanol–water partition coefficient (Wildman–Crippen LogP) is 2.39. The van der Waals surface area contributed by atoms with Crippen LogP contribution in [-0.2, 0) is 4.79 Å². The highest BCUT2D eigenvalue weighted by atomic mass is 32.1. The van der Waals surface area contributed by atoms with Crippen LogP contribution < -0.4 is 5.32 Å². The molecule has 0 saturated carbocycles. The minimum absolute atomic E-state index is 0.00864. The lowest BCUT2D eigenvalue weighted by Crippen LogP contribution is -2.42. The van der Waals surface area contributed by atoms with Crippen LogP contribution in [0.1, 0.15) is 31.3 Å². The van der Waals surface area contributed by atoms with E-state index >= 15 is 0 Å². The van der Waals surface area contributed by atoms with Crippen molar-refractivity contribution < 1.29 is 14.1 Å². The molecule has 0 aliphatic rings. The molecule has 0 aliphatic heterocycles. The van der Waals surface area contributed by atoms with Gasteiger partial charge in [-0.25, -0.2) is 0 Å². The zero-order chi connectivity index (χ0) is 16.1. The van der Waals surface area contributed by atoms with Gasteiger partial charge in [-0.1, -0.05) is 11.2 Å². The van der Waals surface area contributed by atoms with Crippen molar-refractivity contribution in [1.82, 2.24) is 15.4 Å². The summed E-state index contributed by atoms with van der Waals surface area (Å²) in [7, 11) is 0. The molecule has 0 radical (unpaired) electrons. The number of hydrogen-bond acceptors (Lipinski definition) is 5. The molecule has 0 fully saturated rings. The van der Waals surface area contributed by atoms with Gasteiger partial charge < -0.3 is 14.7 Å². The number of carbonyl (C=O) groups excluding carboxylic acids is 2. The molecule has 0 atom stereocenters. The molecular formula is C15H19N3O3S. The van der Waals surface area contributed by atoms with Gasteiger partial charge >= 0.3 is 0 Å². The van der Waals surface area contributed by atoms with E-state index in [0.29, 0.717) is 12.3 Å². The zero-order valence-electron chi connectivity index (χ0n) is 12.8. The Morgan fingerprint density at radius 1 is 1.45 bits per heavy atom. The SMILES string of the molecule is CCN(CC(=O)NC(C)C)C(=O)c1cc(-c2cccs2)on1. The third-order valence-electron chi connectivity index (χ3n) is 2.95. The summed E-state index contributed by atoms with van der Waals surface area (Å²) in [4.78, 5) is 26.6. The molecule has 2 heterocycles. The number of carbonyl (C=O) groups is 2. The molecular weight excluding hydrogens is 302 g/mol. The molecule has 6 nitrogen and oxygen atoms in total. The van der Waals surface area contributed by atoms with Crippen LogP contribution in [0.5, 0.6) is 0 Å². The van der Waals surface area contributed by atoms with Crippen molar-refractivity contribution in [3.05, 3.63) is 29.3 Å². The molecule has 1 N–H and O–H groups in total. The van der Waals surface area contributed by atoms with Crippen LogP contribution in [0.15, 0.2) is 28.1 Å². The maximum absolute atomic E-state index is 12.4. The quantitative estimate of drug-likeness (QED) is 0.886. The van der Waals surface area contributed by atoms with E-state index < -0.39 is 0 Å². The van der Waals surface area contributed by atoms with Crippen LogP contribution in [0.3, 0.4) is 0 Å². The monoisotopic (exact) mass is 321 g/mol. The molecule has 118 valence electrons. The summed E-state index contributed by atoms with van der Waals surface area (Å²) in [5.74, 6) is 0.0566. The lowest BCUT2D eigenvalue weighted by molar-refractivity contribution is -0.122. The van der Waals surface area contributed by atoms with Crippen molar-refractivity contribution in [2.75, 3.05) is 13.1 Å². The topological polar surface area (TPSA) is 75.4 Å². The lowest BCUT2D eigenvalue weighted by Gasteiger charge is -2.19. The second-order valence-corrected chi connectivity index (χ2v) is 6.04. The van der Waals surface area contributed by atoms with Gasteiger partial charge in [-0.2, -0.15) is 0 Å². The van der Waals surface area contributed by atoms with Crippen LogP contribution in [0.4, 0.5) is 0 Å². The van der Waals surface area contributed by atoms with Crippen molar-refractivity contribution in [3.8, 4) is 10.6 Å². The molecule has 0 spiro atoms.